The first kappa shape index (κ1) is 12.5. The van der Waals surface area contributed by atoms with Gasteiger partial charge in [-0.15, -0.1) is 0 Å². The maximum Gasteiger partial charge on any atom is 0.232 e. The van der Waals surface area contributed by atoms with Gasteiger partial charge in [-0.2, -0.15) is 15.0 Å². The number of nitrogen functional groups attached to an aromatic ring is 1. The molecule has 0 unspecified atom stereocenters. The first-order valence-electron chi connectivity index (χ1n) is 5.11. The minimum atomic E-state index is -0.480. The van der Waals surface area contributed by atoms with Gasteiger partial charge in [-0.25, -0.2) is 4.39 Å². The fraction of sp³-hybridized carbons (Fsp3) is 0. The quantitative estimate of drug-likeness (QED) is 0.273. The average Bonchev–Trinajstić information content (AvgIpc) is 2.40. The molecule has 1 aromatic heterocycles. The number of amidine groups is 1. The molecule has 0 amide bonds. The van der Waals surface area contributed by atoms with Crippen LogP contribution in [0.2, 0.25) is 0 Å². The van der Waals surface area contributed by atoms with Gasteiger partial charge in [0.2, 0.25) is 23.6 Å². The third kappa shape index (κ3) is 2.83. The van der Waals surface area contributed by atoms with Crippen molar-refractivity contribution in [1.29, 1.82) is 0 Å². The molecular formula is C10H10FN7O. The van der Waals surface area contributed by atoms with E-state index in [1.165, 1.54) is 12.1 Å². The van der Waals surface area contributed by atoms with E-state index in [1.54, 1.807) is 12.1 Å². The van der Waals surface area contributed by atoms with Gasteiger partial charge in [0.15, 0.2) is 0 Å². The number of hydrogen-bond donors (Lipinski definition) is 4. The first-order chi connectivity index (χ1) is 9.10. The lowest BCUT2D eigenvalue weighted by atomic mass is 10.3. The van der Waals surface area contributed by atoms with Crippen molar-refractivity contribution in [3.8, 4) is 0 Å². The molecule has 2 aromatic rings. The fourth-order valence-electron chi connectivity index (χ4n) is 1.29. The van der Waals surface area contributed by atoms with Crippen LogP contribution in [0.5, 0.6) is 0 Å². The number of halogens is 1. The van der Waals surface area contributed by atoms with Crippen molar-refractivity contribution in [2.45, 2.75) is 0 Å². The van der Waals surface area contributed by atoms with E-state index in [0.717, 1.165) is 0 Å². The SMILES string of the molecule is NC(=NO)c1nc(N)nc(Nc2ccccc2F)n1. The van der Waals surface area contributed by atoms with E-state index in [2.05, 4.69) is 25.4 Å². The highest BCUT2D eigenvalue weighted by atomic mass is 19.1. The molecule has 0 saturated heterocycles. The van der Waals surface area contributed by atoms with E-state index in [4.69, 9.17) is 16.7 Å². The number of rotatable bonds is 3. The van der Waals surface area contributed by atoms with Crippen molar-refractivity contribution in [1.82, 2.24) is 15.0 Å². The van der Waals surface area contributed by atoms with Crippen LogP contribution in [0.4, 0.5) is 22.0 Å². The first-order valence-corrected chi connectivity index (χ1v) is 5.11. The zero-order valence-corrected chi connectivity index (χ0v) is 9.58. The van der Waals surface area contributed by atoms with E-state index in [0.29, 0.717) is 0 Å². The summed E-state index contributed by atoms with van der Waals surface area (Å²) in [5.74, 6) is -1.08. The summed E-state index contributed by atoms with van der Waals surface area (Å²) in [6, 6.07) is 5.96. The number of oxime groups is 1. The highest BCUT2D eigenvalue weighted by Gasteiger charge is 2.10. The van der Waals surface area contributed by atoms with E-state index >= 15 is 0 Å². The third-order valence-electron chi connectivity index (χ3n) is 2.11. The molecule has 98 valence electrons. The van der Waals surface area contributed by atoms with Gasteiger partial charge in [0.1, 0.15) is 5.82 Å². The molecule has 0 fully saturated rings. The summed E-state index contributed by atoms with van der Waals surface area (Å²) in [6.45, 7) is 0. The van der Waals surface area contributed by atoms with Crippen LogP contribution in [0.15, 0.2) is 29.4 Å². The Kier molecular flexibility index (Phi) is 3.37. The lowest BCUT2D eigenvalue weighted by molar-refractivity contribution is 0.318. The Hall–Kier alpha value is -2.97. The maximum absolute atomic E-state index is 13.4. The fourth-order valence-corrected chi connectivity index (χ4v) is 1.29. The van der Waals surface area contributed by atoms with Gasteiger partial charge >= 0.3 is 0 Å². The van der Waals surface area contributed by atoms with Crippen molar-refractivity contribution in [2.75, 3.05) is 11.1 Å². The van der Waals surface area contributed by atoms with Gasteiger partial charge in [0, 0.05) is 0 Å². The summed E-state index contributed by atoms with van der Waals surface area (Å²) in [5, 5.41) is 13.9. The van der Waals surface area contributed by atoms with Gasteiger partial charge in [0.05, 0.1) is 5.69 Å². The number of para-hydroxylation sites is 1. The minimum absolute atomic E-state index is 0.0146. The second-order valence-corrected chi connectivity index (χ2v) is 3.43. The third-order valence-corrected chi connectivity index (χ3v) is 2.11. The Morgan fingerprint density at radius 1 is 1.26 bits per heavy atom. The van der Waals surface area contributed by atoms with Gasteiger partial charge in [-0.1, -0.05) is 17.3 Å². The summed E-state index contributed by atoms with van der Waals surface area (Å²) in [4.78, 5) is 11.3. The highest BCUT2D eigenvalue weighted by Crippen LogP contribution is 2.16. The predicted octanol–water partition coefficient (Wildman–Crippen LogP) is 0.431. The summed E-state index contributed by atoms with van der Waals surface area (Å²) < 4.78 is 13.4. The monoisotopic (exact) mass is 263 g/mol. The van der Waals surface area contributed by atoms with Crippen LogP contribution in [0.1, 0.15) is 5.82 Å². The maximum atomic E-state index is 13.4. The molecule has 0 radical (unpaired) electrons. The number of nitrogens with one attached hydrogen (secondary N) is 1. The largest absolute Gasteiger partial charge is 0.409 e. The van der Waals surface area contributed by atoms with Crippen LogP contribution in [0.25, 0.3) is 0 Å². The molecule has 0 aliphatic carbocycles. The second kappa shape index (κ2) is 5.12. The smallest absolute Gasteiger partial charge is 0.232 e. The van der Waals surface area contributed by atoms with Crippen LogP contribution in [-0.2, 0) is 0 Å². The van der Waals surface area contributed by atoms with Crippen LogP contribution >= 0.6 is 0 Å². The predicted molar refractivity (Wildman–Crippen MR) is 66.4 cm³/mol. The Bertz CT molecular complexity index is 631. The molecule has 2 rings (SSSR count). The average molecular weight is 263 g/mol. The Morgan fingerprint density at radius 2 is 2.00 bits per heavy atom. The topological polar surface area (TPSA) is 135 Å². The second-order valence-electron chi connectivity index (χ2n) is 3.43. The van der Waals surface area contributed by atoms with Gasteiger partial charge < -0.3 is 22.0 Å². The Balaban J connectivity index is 2.36. The molecular weight excluding hydrogens is 253 g/mol. The van der Waals surface area contributed by atoms with Crippen molar-refractivity contribution in [2.24, 2.45) is 10.9 Å². The van der Waals surface area contributed by atoms with Crippen molar-refractivity contribution in [3.63, 3.8) is 0 Å². The Labute approximate surface area is 107 Å². The highest BCUT2D eigenvalue weighted by molar-refractivity contribution is 5.93. The van der Waals surface area contributed by atoms with Crippen molar-refractivity contribution >= 4 is 23.4 Å². The molecule has 0 bridgehead atoms. The molecule has 1 heterocycles. The molecule has 19 heavy (non-hydrogen) atoms. The van der Waals surface area contributed by atoms with Gasteiger partial charge in [-0.3, -0.25) is 0 Å². The molecule has 6 N–H and O–H groups in total. The number of aromatic nitrogens is 3. The summed E-state index contributed by atoms with van der Waals surface area (Å²) >= 11 is 0. The lowest BCUT2D eigenvalue weighted by Gasteiger charge is -2.07. The van der Waals surface area contributed by atoms with Gasteiger partial charge in [-0.05, 0) is 12.1 Å². The summed E-state index contributed by atoms with van der Waals surface area (Å²) in [6.07, 6.45) is 0. The number of nitrogens with two attached hydrogens (primary N) is 2. The van der Waals surface area contributed by atoms with Crippen molar-refractivity contribution in [3.05, 3.63) is 35.9 Å². The van der Waals surface area contributed by atoms with Crippen molar-refractivity contribution < 1.29 is 9.60 Å². The number of hydrogen-bond acceptors (Lipinski definition) is 7. The number of anilines is 3. The van der Waals surface area contributed by atoms with Crippen LogP contribution in [0, 0.1) is 5.82 Å². The molecule has 0 saturated carbocycles. The standard InChI is InChI=1S/C10H10FN7O/c11-5-3-1-2-4-6(5)14-10-16-8(7(12)18-19)15-9(13)17-10/h1-4,19H,(H2,12,18)(H3,13,14,15,16,17). The molecule has 0 atom stereocenters. The minimum Gasteiger partial charge on any atom is -0.409 e. The molecule has 0 spiro atoms. The van der Waals surface area contributed by atoms with E-state index in [-0.39, 0.29) is 29.2 Å². The molecule has 1 aromatic carbocycles. The molecule has 8 nitrogen and oxygen atoms in total. The molecule has 0 aliphatic rings. The zero-order valence-electron chi connectivity index (χ0n) is 9.58. The molecule has 0 aliphatic heterocycles. The molecule has 9 heteroatoms. The number of benzene rings is 1. The normalized spacial score (nSPS) is 11.3. The Morgan fingerprint density at radius 3 is 2.68 bits per heavy atom. The van der Waals surface area contributed by atoms with Crippen LogP contribution < -0.4 is 16.8 Å². The van der Waals surface area contributed by atoms with E-state index < -0.39 is 5.82 Å². The summed E-state index contributed by atoms with van der Waals surface area (Å²) in [5.41, 5.74) is 11.0. The summed E-state index contributed by atoms with van der Waals surface area (Å²) in [7, 11) is 0. The van der Waals surface area contributed by atoms with E-state index in [1.807, 2.05) is 0 Å². The zero-order chi connectivity index (χ0) is 13.8. The van der Waals surface area contributed by atoms with Crippen LogP contribution in [0.3, 0.4) is 0 Å². The lowest BCUT2D eigenvalue weighted by Crippen LogP contribution is -2.19. The number of nitrogens with zero attached hydrogens (tertiary/aromatic N) is 4. The van der Waals surface area contributed by atoms with Crippen LogP contribution in [-0.4, -0.2) is 26.0 Å². The van der Waals surface area contributed by atoms with E-state index in [9.17, 15) is 4.39 Å². The van der Waals surface area contributed by atoms with Gasteiger partial charge in [0.25, 0.3) is 0 Å².